The Hall–Kier alpha value is -3.61. The molecular formula is C21H26F3N7O3. The Balaban J connectivity index is 1.58. The summed E-state index contributed by atoms with van der Waals surface area (Å²) in [6.07, 6.45) is -2.21. The number of benzene rings is 1. The van der Waals surface area contributed by atoms with Crippen molar-refractivity contribution in [2.75, 3.05) is 25.0 Å². The Labute approximate surface area is 193 Å². The number of rotatable bonds is 7. The molecule has 1 aromatic heterocycles. The average molecular weight is 481 g/mol. The number of anilines is 1. The highest BCUT2D eigenvalue weighted by molar-refractivity contribution is 5.76. The number of aromatic nitrogens is 2. The van der Waals surface area contributed by atoms with Crippen molar-refractivity contribution in [3.05, 3.63) is 57.6 Å². The summed E-state index contributed by atoms with van der Waals surface area (Å²) < 4.78 is 39.9. The van der Waals surface area contributed by atoms with Gasteiger partial charge in [0.05, 0.1) is 24.8 Å². The highest BCUT2D eigenvalue weighted by atomic mass is 19.4. The molecule has 0 spiro atoms. The highest BCUT2D eigenvalue weighted by Crippen LogP contribution is 2.29. The van der Waals surface area contributed by atoms with Crippen LogP contribution in [0.5, 0.6) is 0 Å². The van der Waals surface area contributed by atoms with Gasteiger partial charge in [-0.3, -0.25) is 24.4 Å². The number of hydroxylamine groups is 2. The van der Waals surface area contributed by atoms with Crippen LogP contribution in [0.15, 0.2) is 35.3 Å². The summed E-state index contributed by atoms with van der Waals surface area (Å²) in [5, 5.41) is 14.2. The van der Waals surface area contributed by atoms with Crippen LogP contribution in [0.1, 0.15) is 23.2 Å². The number of nitrogens with two attached hydrogens (primary N) is 1. The summed E-state index contributed by atoms with van der Waals surface area (Å²) in [5.41, 5.74) is 5.06. The number of carbonyl (C=O) groups is 1. The number of halogens is 3. The molecule has 2 heterocycles. The number of nitrogens with zero attached hydrogens (tertiary/aromatic N) is 3. The van der Waals surface area contributed by atoms with Crippen molar-refractivity contribution in [1.29, 1.82) is 5.41 Å². The van der Waals surface area contributed by atoms with Crippen molar-refractivity contribution in [2.24, 2.45) is 5.73 Å². The second-order valence-corrected chi connectivity index (χ2v) is 7.85. The van der Waals surface area contributed by atoms with Crippen LogP contribution in [0.25, 0.3) is 0 Å². The van der Waals surface area contributed by atoms with E-state index in [0.717, 1.165) is 12.1 Å². The number of amides is 1. The van der Waals surface area contributed by atoms with Crippen molar-refractivity contribution >= 4 is 17.7 Å². The molecule has 34 heavy (non-hydrogen) atoms. The Morgan fingerprint density at radius 1 is 1.38 bits per heavy atom. The maximum Gasteiger partial charge on any atom is 0.416 e. The number of hydrogen-bond donors (Lipinski definition) is 4. The largest absolute Gasteiger partial charge is 0.416 e. The SMILES string of the molecule is Cc1cnc(NCCc2cccc(C(F)(F)F)c2)c(=O)n1CC(=O)NC1CCN(C(=N)N)OC1. The maximum absolute atomic E-state index is 12.9. The van der Waals surface area contributed by atoms with Gasteiger partial charge in [0.15, 0.2) is 5.82 Å². The van der Waals surface area contributed by atoms with Gasteiger partial charge in [0.2, 0.25) is 11.9 Å². The van der Waals surface area contributed by atoms with Gasteiger partial charge >= 0.3 is 6.18 Å². The molecule has 10 nitrogen and oxygen atoms in total. The van der Waals surface area contributed by atoms with E-state index in [0.29, 0.717) is 24.2 Å². The predicted octanol–water partition coefficient (Wildman–Crippen LogP) is 1.24. The first-order chi connectivity index (χ1) is 16.0. The number of hydrogen-bond acceptors (Lipinski definition) is 6. The van der Waals surface area contributed by atoms with Crippen LogP contribution >= 0.6 is 0 Å². The van der Waals surface area contributed by atoms with Gasteiger partial charge in [0, 0.05) is 18.4 Å². The van der Waals surface area contributed by atoms with E-state index in [4.69, 9.17) is 16.0 Å². The number of nitrogens with one attached hydrogen (secondary N) is 3. The molecule has 2 aromatic rings. The molecule has 0 aliphatic carbocycles. The minimum absolute atomic E-state index is 0.00322. The molecule has 1 amide bonds. The molecule has 0 bridgehead atoms. The lowest BCUT2D eigenvalue weighted by atomic mass is 10.1. The predicted molar refractivity (Wildman–Crippen MR) is 118 cm³/mol. The van der Waals surface area contributed by atoms with Crippen molar-refractivity contribution in [3.63, 3.8) is 0 Å². The summed E-state index contributed by atoms with van der Waals surface area (Å²) in [6.45, 7) is 2.10. The number of carbonyl (C=O) groups excluding carboxylic acids is 1. The smallest absolute Gasteiger partial charge is 0.368 e. The van der Waals surface area contributed by atoms with Crippen molar-refractivity contribution in [3.8, 4) is 0 Å². The summed E-state index contributed by atoms with van der Waals surface area (Å²) >= 11 is 0. The number of guanidine groups is 1. The summed E-state index contributed by atoms with van der Waals surface area (Å²) in [5.74, 6) is -0.600. The fourth-order valence-electron chi connectivity index (χ4n) is 3.44. The number of aryl methyl sites for hydroxylation is 1. The molecule has 0 saturated carbocycles. The van der Waals surface area contributed by atoms with Crippen LogP contribution in [0, 0.1) is 12.3 Å². The minimum Gasteiger partial charge on any atom is -0.368 e. The normalized spacial score (nSPS) is 16.2. The van der Waals surface area contributed by atoms with Gasteiger partial charge in [-0.2, -0.15) is 13.2 Å². The molecular weight excluding hydrogens is 455 g/mol. The van der Waals surface area contributed by atoms with Crippen molar-refractivity contribution < 1.29 is 22.8 Å². The van der Waals surface area contributed by atoms with Crippen LogP contribution < -0.4 is 21.9 Å². The Kier molecular flexibility index (Phi) is 7.76. The second kappa shape index (κ2) is 10.5. The van der Waals surface area contributed by atoms with E-state index in [1.165, 1.54) is 21.9 Å². The second-order valence-electron chi connectivity index (χ2n) is 7.85. The van der Waals surface area contributed by atoms with Crippen molar-refractivity contribution in [2.45, 2.75) is 38.5 Å². The first kappa shape index (κ1) is 25.0. The van der Waals surface area contributed by atoms with Crippen LogP contribution in [0.2, 0.25) is 0 Å². The monoisotopic (exact) mass is 481 g/mol. The first-order valence-electron chi connectivity index (χ1n) is 10.5. The van der Waals surface area contributed by atoms with E-state index >= 15 is 0 Å². The van der Waals surface area contributed by atoms with Crippen LogP contribution in [0.4, 0.5) is 19.0 Å². The molecule has 1 aliphatic heterocycles. The average Bonchev–Trinajstić information content (AvgIpc) is 2.78. The molecule has 1 unspecified atom stereocenters. The fourth-order valence-corrected chi connectivity index (χ4v) is 3.44. The maximum atomic E-state index is 12.9. The zero-order chi connectivity index (χ0) is 24.9. The van der Waals surface area contributed by atoms with Crippen LogP contribution in [-0.2, 0) is 28.8 Å². The molecule has 1 atom stereocenters. The van der Waals surface area contributed by atoms with Gasteiger partial charge in [-0.1, -0.05) is 18.2 Å². The molecule has 1 aliphatic rings. The van der Waals surface area contributed by atoms with E-state index in [1.54, 1.807) is 13.0 Å². The third-order valence-electron chi connectivity index (χ3n) is 5.26. The molecule has 1 saturated heterocycles. The Morgan fingerprint density at radius 3 is 2.79 bits per heavy atom. The Morgan fingerprint density at radius 2 is 2.15 bits per heavy atom. The van der Waals surface area contributed by atoms with Gasteiger partial charge in [0.25, 0.3) is 5.56 Å². The van der Waals surface area contributed by atoms with E-state index in [9.17, 15) is 22.8 Å². The van der Waals surface area contributed by atoms with Crippen LogP contribution in [-0.4, -0.2) is 52.2 Å². The zero-order valence-electron chi connectivity index (χ0n) is 18.5. The number of alkyl halides is 3. The molecule has 3 rings (SSSR count). The highest BCUT2D eigenvalue weighted by Gasteiger charge is 2.30. The van der Waals surface area contributed by atoms with E-state index in [2.05, 4.69) is 15.6 Å². The van der Waals surface area contributed by atoms with Gasteiger partial charge in [0.1, 0.15) is 6.54 Å². The molecule has 13 heteroatoms. The van der Waals surface area contributed by atoms with E-state index in [1.807, 2.05) is 0 Å². The van der Waals surface area contributed by atoms with Crippen LogP contribution in [0.3, 0.4) is 0 Å². The summed E-state index contributed by atoms with van der Waals surface area (Å²) in [7, 11) is 0. The molecule has 1 fully saturated rings. The van der Waals surface area contributed by atoms with Gasteiger partial charge in [-0.25, -0.2) is 10.0 Å². The topological polar surface area (TPSA) is 138 Å². The fraction of sp³-hybridized carbons (Fsp3) is 0.429. The molecule has 1 aromatic carbocycles. The van der Waals surface area contributed by atoms with E-state index < -0.39 is 23.2 Å². The third-order valence-corrected chi connectivity index (χ3v) is 5.26. The first-order valence-corrected chi connectivity index (χ1v) is 10.5. The van der Waals surface area contributed by atoms with Gasteiger partial charge < -0.3 is 16.4 Å². The Bertz CT molecular complexity index is 1100. The molecule has 5 N–H and O–H groups in total. The lowest BCUT2D eigenvalue weighted by molar-refractivity contribution is -0.143. The third kappa shape index (κ3) is 6.47. The lowest BCUT2D eigenvalue weighted by Crippen LogP contribution is -2.50. The lowest BCUT2D eigenvalue weighted by Gasteiger charge is -2.31. The quantitative estimate of drug-likeness (QED) is 0.345. The summed E-state index contributed by atoms with van der Waals surface area (Å²) in [4.78, 5) is 34.6. The minimum atomic E-state index is -4.42. The standard InChI is InChI=1S/C21H26F3N7O3/c1-13-10-28-18(27-7-5-14-3-2-4-15(9-14)21(22,23)24)19(33)30(13)11-17(32)29-16-6-8-31(20(25)26)34-12-16/h2-4,9-10,16H,5-8,11-12H2,1H3,(H3,25,26)(H,27,28)(H,29,32). The zero-order valence-corrected chi connectivity index (χ0v) is 18.5. The summed E-state index contributed by atoms with van der Waals surface area (Å²) in [6, 6.07) is 4.69. The van der Waals surface area contributed by atoms with Crippen molar-refractivity contribution in [1.82, 2.24) is 19.9 Å². The molecule has 184 valence electrons. The van der Waals surface area contributed by atoms with E-state index in [-0.39, 0.29) is 43.9 Å². The van der Waals surface area contributed by atoms with Gasteiger partial charge in [-0.15, -0.1) is 0 Å². The molecule has 0 radical (unpaired) electrons. The van der Waals surface area contributed by atoms with Gasteiger partial charge in [-0.05, 0) is 31.4 Å².